The predicted octanol–water partition coefficient (Wildman–Crippen LogP) is 4.15. The number of fused-ring (bicyclic) bond motifs is 3. The van der Waals surface area contributed by atoms with Crippen molar-refractivity contribution in [3.8, 4) is 11.5 Å². The minimum atomic E-state index is -0.109. The zero-order valence-corrected chi connectivity index (χ0v) is 20.6. The van der Waals surface area contributed by atoms with Gasteiger partial charge in [-0.2, -0.15) is 0 Å². The van der Waals surface area contributed by atoms with E-state index in [-0.39, 0.29) is 47.1 Å². The first-order valence-corrected chi connectivity index (χ1v) is 12.7. The summed E-state index contributed by atoms with van der Waals surface area (Å²) in [5.74, 6) is 2.16. The van der Waals surface area contributed by atoms with Crippen LogP contribution in [-0.2, 0) is 20.7 Å². The molecule has 2 saturated carbocycles. The number of rotatable bonds is 4. The predicted molar refractivity (Wildman–Crippen MR) is 123 cm³/mol. The summed E-state index contributed by atoms with van der Waals surface area (Å²) < 4.78 is 23.7. The Labute approximate surface area is 196 Å². The first-order chi connectivity index (χ1) is 15.8. The lowest BCUT2D eigenvalue weighted by Crippen LogP contribution is -2.54. The fourth-order valence-electron chi connectivity index (χ4n) is 8.14. The number of esters is 1. The molecule has 6 heteroatoms. The van der Waals surface area contributed by atoms with Crippen LogP contribution in [0.5, 0.6) is 11.5 Å². The molecule has 1 spiro atoms. The average Bonchev–Trinajstić information content (AvgIpc) is 3.48. The highest BCUT2D eigenvalue weighted by atomic mass is 16.6. The Bertz CT molecular complexity index is 980. The van der Waals surface area contributed by atoms with E-state index in [1.54, 1.807) is 14.2 Å². The summed E-state index contributed by atoms with van der Waals surface area (Å²) >= 11 is 0. The molecule has 0 aromatic heterocycles. The maximum atomic E-state index is 13.2. The smallest absolute Gasteiger partial charge is 0.311 e. The summed E-state index contributed by atoms with van der Waals surface area (Å²) in [7, 11) is 3.36. The van der Waals surface area contributed by atoms with Crippen LogP contribution in [0.3, 0.4) is 0 Å². The summed E-state index contributed by atoms with van der Waals surface area (Å²) in [6.45, 7) is 8.63. The Hall–Kier alpha value is -1.79. The molecule has 0 radical (unpaired) electrons. The topological polar surface area (TPSA) is 60.5 Å². The van der Waals surface area contributed by atoms with Crippen LogP contribution >= 0.6 is 0 Å². The van der Waals surface area contributed by atoms with Crippen LogP contribution in [0.15, 0.2) is 12.1 Å². The molecule has 6 nitrogen and oxygen atoms in total. The number of hydrogen-bond acceptors (Lipinski definition) is 6. The summed E-state index contributed by atoms with van der Waals surface area (Å²) in [5.41, 5.74) is 2.66. The van der Waals surface area contributed by atoms with Crippen LogP contribution < -0.4 is 9.47 Å². The minimum Gasteiger partial charge on any atom is -0.493 e. The van der Waals surface area contributed by atoms with Gasteiger partial charge in [-0.15, -0.1) is 0 Å². The molecule has 33 heavy (non-hydrogen) atoms. The van der Waals surface area contributed by atoms with E-state index in [0.29, 0.717) is 5.92 Å². The molecule has 8 atom stereocenters. The molecule has 0 N–H and O–H groups in total. The third-order valence-electron chi connectivity index (χ3n) is 9.94. The van der Waals surface area contributed by atoms with Gasteiger partial charge in [0.1, 0.15) is 11.7 Å². The van der Waals surface area contributed by atoms with Crippen molar-refractivity contribution in [1.82, 2.24) is 4.90 Å². The highest BCUT2D eigenvalue weighted by Gasteiger charge is 2.78. The third kappa shape index (κ3) is 2.89. The molecular formula is C27H37NO5. The van der Waals surface area contributed by atoms with Crippen molar-refractivity contribution in [3.05, 3.63) is 23.3 Å². The second kappa shape index (κ2) is 7.35. The summed E-state index contributed by atoms with van der Waals surface area (Å²) in [5, 5.41) is 0. The highest BCUT2D eigenvalue weighted by molar-refractivity contribution is 5.76. The summed E-state index contributed by atoms with van der Waals surface area (Å²) in [6.07, 6.45) is 5.74. The fourth-order valence-corrected chi connectivity index (χ4v) is 8.14. The maximum absolute atomic E-state index is 13.2. The quantitative estimate of drug-likeness (QED) is 0.502. The number of nitrogens with zero attached hydrogens (tertiary/aromatic N) is 1. The highest BCUT2D eigenvalue weighted by Crippen LogP contribution is 2.70. The molecule has 0 unspecified atom stereocenters. The lowest BCUT2D eigenvalue weighted by atomic mass is 9.53. The molecular weight excluding hydrogens is 418 g/mol. The molecule has 1 aromatic carbocycles. The number of epoxide rings is 1. The maximum Gasteiger partial charge on any atom is 0.311 e. The average molecular weight is 456 g/mol. The van der Waals surface area contributed by atoms with Crippen molar-refractivity contribution in [2.24, 2.45) is 23.2 Å². The van der Waals surface area contributed by atoms with Crippen molar-refractivity contribution >= 4 is 5.97 Å². The van der Waals surface area contributed by atoms with Gasteiger partial charge in [-0.25, -0.2) is 0 Å². The first-order valence-electron chi connectivity index (χ1n) is 12.7. The summed E-state index contributed by atoms with van der Waals surface area (Å²) in [4.78, 5) is 15.6. The van der Waals surface area contributed by atoms with Gasteiger partial charge in [0.15, 0.2) is 11.5 Å². The normalized spacial score (nSPS) is 43.6. The second-order valence-electron chi connectivity index (χ2n) is 11.4. The van der Waals surface area contributed by atoms with Gasteiger partial charge in [-0.05, 0) is 61.8 Å². The zero-order chi connectivity index (χ0) is 23.1. The Balaban J connectivity index is 1.25. The van der Waals surface area contributed by atoms with Gasteiger partial charge >= 0.3 is 5.97 Å². The van der Waals surface area contributed by atoms with Crippen LogP contribution in [-0.4, -0.2) is 56.0 Å². The van der Waals surface area contributed by atoms with Crippen molar-refractivity contribution in [2.75, 3.05) is 27.3 Å². The number of ether oxygens (including phenoxy) is 4. The van der Waals surface area contributed by atoms with Crippen LogP contribution in [0.25, 0.3) is 0 Å². The fraction of sp³-hybridized carbons (Fsp3) is 0.741. The van der Waals surface area contributed by atoms with E-state index in [4.69, 9.17) is 18.9 Å². The molecule has 180 valence electrons. The minimum absolute atomic E-state index is 0.00941. The van der Waals surface area contributed by atoms with Gasteiger partial charge in [0.25, 0.3) is 0 Å². The van der Waals surface area contributed by atoms with Gasteiger partial charge in [0.2, 0.25) is 0 Å². The van der Waals surface area contributed by atoms with Gasteiger partial charge in [-0.3, -0.25) is 9.69 Å². The molecule has 5 aliphatic rings. The Morgan fingerprint density at radius 1 is 1.18 bits per heavy atom. The zero-order valence-electron chi connectivity index (χ0n) is 20.6. The number of carbonyl (C=O) groups is 1. The van der Waals surface area contributed by atoms with E-state index >= 15 is 0 Å². The van der Waals surface area contributed by atoms with E-state index in [0.717, 1.165) is 37.4 Å². The number of methoxy groups -OCH3 is 2. The van der Waals surface area contributed by atoms with Crippen molar-refractivity contribution in [1.29, 1.82) is 0 Å². The number of hydrogen-bond donors (Lipinski definition) is 0. The number of benzene rings is 1. The largest absolute Gasteiger partial charge is 0.493 e. The molecule has 2 aliphatic carbocycles. The standard InChI is InChI=1S/C27H37NO5/c1-15-7-6-9-26(3)13-22-23(24-27(15,26)33-24)19(25(29)32-22)14-28-10-8-17-11-20(30-4)21(31-5)12-18(17)16(28)2/h11-12,15-16,19,22-24H,6-10,13-14H2,1-5H3/t15-,16-,19-,22+,23+,24-,26+,27-/m0/s1. The molecule has 3 aliphatic heterocycles. The molecule has 1 aromatic rings. The van der Waals surface area contributed by atoms with Crippen LogP contribution in [0.4, 0.5) is 0 Å². The van der Waals surface area contributed by atoms with Gasteiger partial charge in [0, 0.05) is 30.5 Å². The molecule has 0 amide bonds. The first kappa shape index (κ1) is 21.7. The van der Waals surface area contributed by atoms with Crippen LogP contribution in [0.1, 0.15) is 63.6 Å². The lowest BCUT2D eigenvalue weighted by Gasteiger charge is -2.49. The van der Waals surface area contributed by atoms with E-state index in [1.165, 1.54) is 30.4 Å². The van der Waals surface area contributed by atoms with Gasteiger partial charge in [-0.1, -0.05) is 20.3 Å². The van der Waals surface area contributed by atoms with E-state index in [2.05, 4.69) is 37.8 Å². The van der Waals surface area contributed by atoms with Crippen LogP contribution in [0.2, 0.25) is 0 Å². The third-order valence-corrected chi connectivity index (χ3v) is 9.94. The Morgan fingerprint density at radius 3 is 2.70 bits per heavy atom. The lowest BCUT2D eigenvalue weighted by molar-refractivity contribution is -0.146. The Kier molecular flexibility index (Phi) is 4.84. The van der Waals surface area contributed by atoms with Crippen molar-refractivity contribution < 1.29 is 23.7 Å². The SMILES string of the molecule is COc1cc2c(cc1OC)[C@H](C)N(C[C@@H]1C(=O)O[C@@H]3C[C@@]4(C)CCC[C@H](C)[C@@]45O[C@H]5[C@H]13)CC2. The summed E-state index contributed by atoms with van der Waals surface area (Å²) in [6, 6.07) is 4.42. The van der Waals surface area contributed by atoms with E-state index in [1.807, 2.05) is 0 Å². The van der Waals surface area contributed by atoms with E-state index in [9.17, 15) is 4.79 Å². The second-order valence-corrected chi connectivity index (χ2v) is 11.4. The monoisotopic (exact) mass is 455 g/mol. The molecule has 2 saturated heterocycles. The van der Waals surface area contributed by atoms with Crippen molar-refractivity contribution in [3.63, 3.8) is 0 Å². The molecule has 0 bridgehead atoms. The van der Waals surface area contributed by atoms with Crippen molar-refractivity contribution in [2.45, 2.75) is 76.7 Å². The molecule has 3 heterocycles. The Morgan fingerprint density at radius 2 is 1.94 bits per heavy atom. The van der Waals surface area contributed by atoms with Gasteiger partial charge < -0.3 is 18.9 Å². The van der Waals surface area contributed by atoms with Gasteiger partial charge in [0.05, 0.1) is 26.2 Å². The number of carbonyl (C=O) groups excluding carboxylic acids is 1. The van der Waals surface area contributed by atoms with Crippen LogP contribution in [0, 0.1) is 23.2 Å². The molecule has 6 rings (SSSR count). The van der Waals surface area contributed by atoms with E-state index < -0.39 is 0 Å². The molecule has 4 fully saturated rings.